The highest BCUT2D eigenvalue weighted by Gasteiger charge is 2.36. The van der Waals surface area contributed by atoms with Crippen LogP contribution in [0.2, 0.25) is 0 Å². The summed E-state index contributed by atoms with van der Waals surface area (Å²) in [6.45, 7) is 4.64. The summed E-state index contributed by atoms with van der Waals surface area (Å²) in [7, 11) is 0. The van der Waals surface area contributed by atoms with Crippen molar-refractivity contribution in [3.8, 4) is 0 Å². The summed E-state index contributed by atoms with van der Waals surface area (Å²) in [5.41, 5.74) is 8.39. The Balaban J connectivity index is 1.70. The van der Waals surface area contributed by atoms with Crippen LogP contribution >= 0.6 is 0 Å². The number of nitrogens with two attached hydrogens (primary N) is 1. The lowest BCUT2D eigenvalue weighted by Crippen LogP contribution is -2.41. The second-order valence-electron chi connectivity index (χ2n) is 7.05. The zero-order chi connectivity index (χ0) is 18.0. The minimum Gasteiger partial charge on any atom is -0.339 e. The number of nitrogens with zero attached hydrogens (tertiary/aromatic N) is 1. The monoisotopic (exact) mass is 340 g/mol. The number of likely N-dealkylation sites (tertiary alicyclic amines) is 1. The molecule has 0 bridgehead atoms. The van der Waals surface area contributed by atoms with E-state index in [0.29, 0.717) is 6.54 Å². The van der Waals surface area contributed by atoms with Crippen molar-refractivity contribution in [1.82, 2.24) is 4.90 Å². The molecule has 1 saturated heterocycles. The number of amides is 1. The van der Waals surface area contributed by atoms with E-state index in [1.807, 2.05) is 54.3 Å². The molecule has 0 spiro atoms. The molecule has 1 aliphatic rings. The molecule has 132 valence electrons. The van der Waals surface area contributed by atoms with Crippen molar-refractivity contribution in [3.63, 3.8) is 0 Å². The van der Waals surface area contributed by atoms with E-state index in [4.69, 9.17) is 5.73 Å². The average Bonchev–Trinajstić information content (AvgIpc) is 3.03. The van der Waals surface area contributed by atoms with Gasteiger partial charge in [-0.3, -0.25) is 4.79 Å². The summed E-state index contributed by atoms with van der Waals surface area (Å²) in [4.78, 5) is 14.9. The van der Waals surface area contributed by atoms with Crippen LogP contribution in [0.15, 0.2) is 54.6 Å². The third-order valence-electron chi connectivity index (χ3n) is 5.31. The molecule has 1 heterocycles. The van der Waals surface area contributed by atoms with E-state index in [1.165, 1.54) is 12.1 Å². The molecule has 2 N–H and O–H groups in total. The maximum Gasteiger partial charge on any atom is 0.227 e. The van der Waals surface area contributed by atoms with Crippen molar-refractivity contribution in [2.45, 2.75) is 38.3 Å². The SMILES string of the molecule is CC(C(=O)N1CC(c2ccc(F)cc2)CC1C)C(N)c1ccccc1. The molecular weight excluding hydrogens is 315 g/mol. The normalized spacial score (nSPS) is 22.6. The van der Waals surface area contributed by atoms with E-state index in [9.17, 15) is 9.18 Å². The Morgan fingerprint density at radius 1 is 1.16 bits per heavy atom. The Kier molecular flexibility index (Phi) is 5.19. The van der Waals surface area contributed by atoms with Gasteiger partial charge in [-0.1, -0.05) is 49.4 Å². The van der Waals surface area contributed by atoms with Gasteiger partial charge in [-0.25, -0.2) is 4.39 Å². The van der Waals surface area contributed by atoms with E-state index < -0.39 is 0 Å². The largest absolute Gasteiger partial charge is 0.339 e. The smallest absolute Gasteiger partial charge is 0.227 e. The second kappa shape index (κ2) is 7.36. The summed E-state index contributed by atoms with van der Waals surface area (Å²) in [6.07, 6.45) is 0.894. The van der Waals surface area contributed by atoms with Crippen molar-refractivity contribution < 1.29 is 9.18 Å². The van der Waals surface area contributed by atoms with Crippen molar-refractivity contribution in [2.75, 3.05) is 6.54 Å². The molecule has 2 aromatic rings. The predicted octanol–water partition coefficient (Wildman–Crippen LogP) is 3.87. The van der Waals surface area contributed by atoms with Crippen LogP contribution in [0.5, 0.6) is 0 Å². The molecule has 3 nitrogen and oxygen atoms in total. The lowest BCUT2D eigenvalue weighted by atomic mass is 9.94. The van der Waals surface area contributed by atoms with Crippen molar-refractivity contribution in [3.05, 3.63) is 71.5 Å². The van der Waals surface area contributed by atoms with Gasteiger partial charge in [0.2, 0.25) is 5.91 Å². The van der Waals surface area contributed by atoms with E-state index >= 15 is 0 Å². The van der Waals surface area contributed by atoms with Crippen LogP contribution in [-0.4, -0.2) is 23.4 Å². The van der Waals surface area contributed by atoms with Crippen LogP contribution in [0.3, 0.4) is 0 Å². The first-order chi connectivity index (χ1) is 12.0. The number of rotatable bonds is 4. The number of carbonyl (C=O) groups is 1. The van der Waals surface area contributed by atoms with Gasteiger partial charge >= 0.3 is 0 Å². The minimum atomic E-state index is -0.314. The molecule has 25 heavy (non-hydrogen) atoms. The molecule has 3 rings (SSSR count). The molecule has 1 fully saturated rings. The van der Waals surface area contributed by atoms with Crippen LogP contribution in [0, 0.1) is 11.7 Å². The Morgan fingerprint density at radius 3 is 2.44 bits per heavy atom. The molecule has 0 aromatic heterocycles. The van der Waals surface area contributed by atoms with E-state index in [2.05, 4.69) is 6.92 Å². The van der Waals surface area contributed by atoms with Gasteiger partial charge in [0.05, 0.1) is 5.92 Å². The van der Waals surface area contributed by atoms with Crippen LogP contribution in [0.1, 0.15) is 43.4 Å². The molecule has 2 aromatic carbocycles. The highest BCUT2D eigenvalue weighted by atomic mass is 19.1. The quantitative estimate of drug-likeness (QED) is 0.918. The Bertz CT molecular complexity index is 716. The summed E-state index contributed by atoms with van der Waals surface area (Å²) < 4.78 is 13.1. The molecule has 4 atom stereocenters. The fourth-order valence-corrected chi connectivity index (χ4v) is 3.69. The third kappa shape index (κ3) is 3.74. The molecule has 1 amide bonds. The van der Waals surface area contributed by atoms with Gasteiger partial charge < -0.3 is 10.6 Å². The molecule has 0 radical (unpaired) electrons. The van der Waals surface area contributed by atoms with Gasteiger partial charge in [-0.05, 0) is 36.6 Å². The van der Waals surface area contributed by atoms with Gasteiger partial charge in [0, 0.05) is 24.5 Å². The maximum atomic E-state index is 13.1. The summed E-state index contributed by atoms with van der Waals surface area (Å²) in [5, 5.41) is 0. The summed E-state index contributed by atoms with van der Waals surface area (Å²) in [6, 6.07) is 16.2. The number of hydrogen-bond acceptors (Lipinski definition) is 2. The van der Waals surface area contributed by atoms with Crippen molar-refractivity contribution >= 4 is 5.91 Å². The maximum absolute atomic E-state index is 13.1. The minimum absolute atomic E-state index is 0.0912. The first-order valence-corrected chi connectivity index (χ1v) is 8.84. The number of halogens is 1. The second-order valence-corrected chi connectivity index (χ2v) is 7.05. The highest BCUT2D eigenvalue weighted by Crippen LogP contribution is 2.34. The van der Waals surface area contributed by atoms with Gasteiger partial charge in [0.1, 0.15) is 5.82 Å². The lowest BCUT2D eigenvalue weighted by molar-refractivity contribution is -0.136. The molecule has 0 aliphatic carbocycles. The summed E-state index contributed by atoms with van der Waals surface area (Å²) in [5.74, 6) is -0.171. The van der Waals surface area contributed by atoms with Gasteiger partial charge in [-0.2, -0.15) is 0 Å². The topological polar surface area (TPSA) is 46.3 Å². The first-order valence-electron chi connectivity index (χ1n) is 8.84. The Labute approximate surface area is 148 Å². The van der Waals surface area contributed by atoms with E-state index in [0.717, 1.165) is 17.5 Å². The summed E-state index contributed by atoms with van der Waals surface area (Å²) >= 11 is 0. The van der Waals surface area contributed by atoms with Gasteiger partial charge in [0.15, 0.2) is 0 Å². The highest BCUT2D eigenvalue weighted by molar-refractivity contribution is 5.80. The molecule has 0 saturated carbocycles. The fourth-order valence-electron chi connectivity index (χ4n) is 3.69. The van der Waals surface area contributed by atoms with Gasteiger partial charge in [-0.15, -0.1) is 0 Å². The lowest BCUT2D eigenvalue weighted by Gasteiger charge is -2.28. The number of hydrogen-bond donors (Lipinski definition) is 1. The van der Waals surface area contributed by atoms with Crippen LogP contribution in [0.25, 0.3) is 0 Å². The van der Waals surface area contributed by atoms with Crippen LogP contribution in [0.4, 0.5) is 4.39 Å². The molecule has 4 unspecified atom stereocenters. The fraction of sp³-hybridized carbons (Fsp3) is 0.381. The molecule has 4 heteroatoms. The van der Waals surface area contributed by atoms with Crippen LogP contribution in [-0.2, 0) is 4.79 Å². The molecule has 1 aliphatic heterocycles. The van der Waals surface area contributed by atoms with E-state index in [-0.39, 0.29) is 35.6 Å². The van der Waals surface area contributed by atoms with E-state index in [1.54, 1.807) is 0 Å². The standard InChI is InChI=1S/C21H25FN2O/c1-14-12-18(16-8-10-19(22)11-9-16)13-24(14)21(25)15(2)20(23)17-6-4-3-5-7-17/h3-11,14-15,18,20H,12-13,23H2,1-2H3. The first kappa shape index (κ1) is 17.6. The molecular formula is C21H25FN2O. The number of benzene rings is 2. The van der Waals surface area contributed by atoms with Crippen LogP contribution < -0.4 is 5.73 Å². The zero-order valence-corrected chi connectivity index (χ0v) is 14.7. The average molecular weight is 340 g/mol. The Morgan fingerprint density at radius 2 is 1.80 bits per heavy atom. The van der Waals surface area contributed by atoms with Crippen molar-refractivity contribution in [2.24, 2.45) is 11.7 Å². The van der Waals surface area contributed by atoms with Crippen molar-refractivity contribution in [1.29, 1.82) is 0 Å². The Hall–Kier alpha value is -2.20. The zero-order valence-electron chi connectivity index (χ0n) is 14.7. The van der Waals surface area contributed by atoms with Gasteiger partial charge in [0.25, 0.3) is 0 Å². The third-order valence-corrected chi connectivity index (χ3v) is 5.31. The predicted molar refractivity (Wildman–Crippen MR) is 97.5 cm³/mol. The number of carbonyl (C=O) groups excluding carboxylic acids is 1.